The summed E-state index contributed by atoms with van der Waals surface area (Å²) >= 11 is 5.90. The second kappa shape index (κ2) is 7.51. The zero-order valence-corrected chi connectivity index (χ0v) is 16.0. The minimum Gasteiger partial charge on any atom is -0.336 e. The molecule has 2 saturated heterocycles. The monoisotopic (exact) mass is 400 g/mol. The third kappa shape index (κ3) is 3.71. The highest BCUT2D eigenvalue weighted by molar-refractivity contribution is 7.89. The predicted octanol–water partition coefficient (Wildman–Crippen LogP) is 0.587. The van der Waals surface area contributed by atoms with E-state index in [0.717, 1.165) is 0 Å². The average Bonchev–Trinajstić information content (AvgIpc) is 3.06. The number of carbonyl (C=O) groups is 2. The molecule has 1 aromatic carbocycles. The van der Waals surface area contributed by atoms with Gasteiger partial charge in [-0.25, -0.2) is 13.2 Å². The van der Waals surface area contributed by atoms with Gasteiger partial charge >= 0.3 is 6.03 Å². The van der Waals surface area contributed by atoms with Gasteiger partial charge < -0.3 is 5.32 Å². The first-order chi connectivity index (χ1) is 12.3. The highest BCUT2D eigenvalue weighted by atomic mass is 35.5. The van der Waals surface area contributed by atoms with Crippen molar-refractivity contribution in [1.29, 1.82) is 0 Å². The number of imide groups is 1. The largest absolute Gasteiger partial charge is 0.336 e. The third-order valence-corrected chi connectivity index (χ3v) is 6.86. The predicted molar refractivity (Wildman–Crippen MR) is 96.4 cm³/mol. The van der Waals surface area contributed by atoms with E-state index < -0.39 is 16.1 Å². The molecule has 1 unspecified atom stereocenters. The number of amides is 3. The first-order valence-corrected chi connectivity index (χ1v) is 10.2. The molecule has 2 aliphatic heterocycles. The number of nitrogens with one attached hydrogen (secondary N) is 1. The zero-order valence-electron chi connectivity index (χ0n) is 14.4. The van der Waals surface area contributed by atoms with Crippen LogP contribution in [0.2, 0.25) is 5.02 Å². The number of urea groups is 1. The fourth-order valence-corrected chi connectivity index (χ4v) is 4.89. The number of carbonyl (C=O) groups excluding carboxylic acids is 2. The Morgan fingerprint density at radius 1 is 1.19 bits per heavy atom. The van der Waals surface area contributed by atoms with Gasteiger partial charge in [0.25, 0.3) is 0 Å². The van der Waals surface area contributed by atoms with E-state index in [9.17, 15) is 18.0 Å². The van der Waals surface area contributed by atoms with Crippen LogP contribution in [0.25, 0.3) is 0 Å². The molecule has 1 aromatic rings. The van der Waals surface area contributed by atoms with Crippen LogP contribution in [-0.4, -0.2) is 79.8 Å². The molecule has 0 aromatic heterocycles. The Balaban J connectivity index is 1.63. The molecule has 0 bridgehead atoms. The molecule has 3 rings (SSSR count). The quantitative estimate of drug-likeness (QED) is 0.798. The van der Waals surface area contributed by atoms with Crippen LogP contribution >= 0.6 is 11.6 Å². The molecule has 1 N–H and O–H groups in total. The molecule has 10 heteroatoms. The Hall–Kier alpha value is -1.68. The Kier molecular flexibility index (Phi) is 5.52. The van der Waals surface area contributed by atoms with Crippen LogP contribution in [0.3, 0.4) is 0 Å². The van der Waals surface area contributed by atoms with Crippen LogP contribution in [0.1, 0.15) is 6.92 Å². The number of hydrogen-bond donors (Lipinski definition) is 1. The van der Waals surface area contributed by atoms with Crippen molar-refractivity contribution in [3.8, 4) is 0 Å². The maximum absolute atomic E-state index is 12.7. The number of sulfonamides is 1. The summed E-state index contributed by atoms with van der Waals surface area (Å²) in [6.45, 7) is 3.96. The molecule has 26 heavy (non-hydrogen) atoms. The first kappa shape index (κ1) is 19.1. The Morgan fingerprint density at radius 3 is 2.46 bits per heavy atom. The van der Waals surface area contributed by atoms with Crippen molar-refractivity contribution in [1.82, 2.24) is 19.4 Å². The van der Waals surface area contributed by atoms with E-state index in [0.29, 0.717) is 31.2 Å². The summed E-state index contributed by atoms with van der Waals surface area (Å²) < 4.78 is 26.8. The van der Waals surface area contributed by atoms with Crippen LogP contribution in [0.5, 0.6) is 0 Å². The molecule has 3 amide bonds. The second-order valence-electron chi connectivity index (χ2n) is 6.30. The smallest absolute Gasteiger partial charge is 0.324 e. The fraction of sp³-hybridized carbons (Fsp3) is 0.500. The van der Waals surface area contributed by atoms with Crippen molar-refractivity contribution in [3.05, 3.63) is 29.3 Å². The van der Waals surface area contributed by atoms with Crippen molar-refractivity contribution in [2.75, 3.05) is 39.3 Å². The van der Waals surface area contributed by atoms with Crippen molar-refractivity contribution in [3.63, 3.8) is 0 Å². The second-order valence-corrected chi connectivity index (χ2v) is 8.67. The van der Waals surface area contributed by atoms with E-state index in [1.54, 1.807) is 19.1 Å². The molecule has 2 fully saturated rings. The van der Waals surface area contributed by atoms with Crippen LogP contribution in [0.4, 0.5) is 4.79 Å². The van der Waals surface area contributed by atoms with Crippen LogP contribution < -0.4 is 5.32 Å². The van der Waals surface area contributed by atoms with Gasteiger partial charge in [0.1, 0.15) is 0 Å². The van der Waals surface area contributed by atoms with E-state index in [4.69, 9.17) is 11.6 Å². The van der Waals surface area contributed by atoms with E-state index in [-0.39, 0.29) is 29.9 Å². The number of halogens is 1. The summed E-state index contributed by atoms with van der Waals surface area (Å²) in [6, 6.07) is 5.33. The van der Waals surface area contributed by atoms with Gasteiger partial charge in [-0.15, -0.1) is 0 Å². The van der Waals surface area contributed by atoms with E-state index >= 15 is 0 Å². The number of hydrogen-bond acceptors (Lipinski definition) is 5. The molecular formula is C16H21ClN4O4S. The normalized spacial score (nSPS) is 20.8. The molecule has 8 nitrogen and oxygen atoms in total. The van der Waals surface area contributed by atoms with E-state index in [1.165, 1.54) is 21.3 Å². The van der Waals surface area contributed by atoms with Gasteiger partial charge in [0.05, 0.1) is 10.9 Å². The molecule has 0 aliphatic carbocycles. The Morgan fingerprint density at radius 2 is 1.88 bits per heavy atom. The summed E-state index contributed by atoms with van der Waals surface area (Å²) in [5.74, 6) is -0.258. The van der Waals surface area contributed by atoms with Gasteiger partial charge in [-0.2, -0.15) is 4.31 Å². The molecule has 2 heterocycles. The van der Waals surface area contributed by atoms with Gasteiger partial charge in [0, 0.05) is 44.3 Å². The van der Waals surface area contributed by atoms with E-state index in [2.05, 4.69) is 5.32 Å². The minimum atomic E-state index is -3.62. The summed E-state index contributed by atoms with van der Waals surface area (Å²) in [7, 11) is -3.62. The van der Waals surface area contributed by atoms with Crippen molar-refractivity contribution >= 4 is 33.6 Å². The van der Waals surface area contributed by atoms with Crippen molar-refractivity contribution in [2.24, 2.45) is 0 Å². The Labute approximate surface area is 157 Å². The third-order valence-electron chi connectivity index (χ3n) is 4.74. The number of benzene rings is 1. The van der Waals surface area contributed by atoms with Crippen molar-refractivity contribution < 1.29 is 18.0 Å². The lowest BCUT2D eigenvalue weighted by molar-refractivity contribution is -0.133. The Bertz CT molecular complexity index is 808. The molecule has 0 radical (unpaired) electrons. The standard InChI is InChI=1S/C16H21ClN4O4S/c1-12(15(22)21-6-5-18-16(21)23)19-7-9-20(10-8-19)26(24,25)14-4-2-3-13(17)11-14/h2-4,11-12H,5-10H2,1H3,(H,18,23). The van der Waals surface area contributed by atoms with Crippen molar-refractivity contribution in [2.45, 2.75) is 17.9 Å². The molecular weight excluding hydrogens is 380 g/mol. The molecule has 0 spiro atoms. The molecule has 0 saturated carbocycles. The first-order valence-electron chi connectivity index (χ1n) is 8.39. The molecule has 2 aliphatic rings. The lowest BCUT2D eigenvalue weighted by Gasteiger charge is -2.37. The highest BCUT2D eigenvalue weighted by Crippen LogP contribution is 2.21. The number of piperazine rings is 1. The van der Waals surface area contributed by atoms with Crippen LogP contribution in [0, 0.1) is 0 Å². The summed E-state index contributed by atoms with van der Waals surface area (Å²) in [6.07, 6.45) is 0. The van der Waals surface area contributed by atoms with Gasteiger partial charge in [0.15, 0.2) is 0 Å². The minimum absolute atomic E-state index is 0.163. The maximum atomic E-state index is 12.7. The zero-order chi connectivity index (χ0) is 18.9. The van der Waals surface area contributed by atoms with Crippen LogP contribution in [0.15, 0.2) is 29.2 Å². The molecule has 142 valence electrons. The lowest BCUT2D eigenvalue weighted by atomic mass is 10.2. The topological polar surface area (TPSA) is 90.0 Å². The lowest BCUT2D eigenvalue weighted by Crippen LogP contribution is -2.55. The van der Waals surface area contributed by atoms with E-state index in [1.807, 2.05) is 4.90 Å². The van der Waals surface area contributed by atoms with Gasteiger partial charge in [0.2, 0.25) is 15.9 Å². The van der Waals surface area contributed by atoms with Gasteiger partial charge in [-0.05, 0) is 25.1 Å². The number of nitrogens with zero attached hydrogens (tertiary/aromatic N) is 3. The van der Waals surface area contributed by atoms with Crippen LogP contribution in [-0.2, 0) is 14.8 Å². The highest BCUT2D eigenvalue weighted by Gasteiger charge is 2.35. The molecule has 1 atom stereocenters. The number of rotatable bonds is 4. The summed E-state index contributed by atoms with van der Waals surface area (Å²) in [5.41, 5.74) is 0. The SMILES string of the molecule is CC(C(=O)N1CCNC1=O)N1CCN(S(=O)(=O)c2cccc(Cl)c2)CC1. The summed E-state index contributed by atoms with van der Waals surface area (Å²) in [4.78, 5) is 27.4. The van der Waals surface area contributed by atoms with Gasteiger partial charge in [-0.3, -0.25) is 14.6 Å². The fourth-order valence-electron chi connectivity index (χ4n) is 3.17. The maximum Gasteiger partial charge on any atom is 0.324 e. The summed E-state index contributed by atoms with van der Waals surface area (Å²) in [5, 5.41) is 2.98. The average molecular weight is 401 g/mol. The van der Waals surface area contributed by atoms with Gasteiger partial charge in [-0.1, -0.05) is 17.7 Å².